The Labute approximate surface area is 307 Å². The molecule has 1 aliphatic heterocycles. The first-order valence-electron chi connectivity index (χ1n) is 18.4. The van der Waals surface area contributed by atoms with E-state index in [1.165, 1.54) is 0 Å². The van der Waals surface area contributed by atoms with Crippen molar-refractivity contribution in [2.24, 2.45) is 17.4 Å². The van der Waals surface area contributed by atoms with Crippen LogP contribution in [0.25, 0.3) is 0 Å². The number of nitrogens with one attached hydrogen (secondary N) is 3. The van der Waals surface area contributed by atoms with Crippen LogP contribution >= 0.6 is 0 Å². The predicted octanol–water partition coefficient (Wildman–Crippen LogP) is 1.96. The van der Waals surface area contributed by atoms with Crippen LogP contribution in [-0.2, 0) is 32.0 Å². The fourth-order valence-corrected chi connectivity index (χ4v) is 6.29. The van der Waals surface area contributed by atoms with E-state index in [-0.39, 0.29) is 11.8 Å². The molecule has 2 aromatic carbocycles. The van der Waals surface area contributed by atoms with Crippen LogP contribution in [0.1, 0.15) is 57.1 Å². The lowest BCUT2D eigenvalue weighted by molar-refractivity contribution is -0.138. The molecule has 0 saturated carbocycles. The van der Waals surface area contributed by atoms with Crippen molar-refractivity contribution in [3.8, 4) is 0 Å². The smallest absolute Gasteiger partial charge is 0.245 e. The molecule has 13 heteroatoms. The molecule has 1 aliphatic rings. The Morgan fingerprint density at radius 3 is 1.98 bits per heavy atom. The van der Waals surface area contributed by atoms with Gasteiger partial charge in [0.1, 0.15) is 23.9 Å². The Morgan fingerprint density at radius 2 is 1.37 bits per heavy atom. The van der Waals surface area contributed by atoms with Gasteiger partial charge < -0.3 is 37.2 Å². The van der Waals surface area contributed by atoms with Gasteiger partial charge in [0.05, 0.1) is 12.2 Å². The molecule has 4 amide bonds. The monoisotopic (exact) mass is 713 g/mol. The van der Waals surface area contributed by atoms with Crippen LogP contribution in [0.3, 0.4) is 0 Å². The van der Waals surface area contributed by atoms with E-state index in [0.29, 0.717) is 77.7 Å². The van der Waals surface area contributed by atoms with E-state index in [1.54, 1.807) is 23.5 Å². The standard InChI is InChI=1S/C39H55N9O4/c1-28(2)25-34(38(51)45-33(15-9-10-18-40)39(52)48-23-21-47(22-24-48)35-27-42-19-20-43-35)46-37(50)32(17-16-29-11-5-3-6-12-29)44-36(49)31(41)26-30-13-7-4-8-14-30/h3-8,11-14,19-20,27-28,31-34H,9-10,15-18,21-26,40-41H2,1-2H3,(H,44,49)(H,45,51)(H,46,50)/t31-,32-,33-,34-/m1/s1. The van der Waals surface area contributed by atoms with Crippen molar-refractivity contribution in [1.82, 2.24) is 30.8 Å². The molecule has 0 spiro atoms. The number of aromatic nitrogens is 2. The quantitative estimate of drug-likeness (QED) is 0.116. The average molecular weight is 714 g/mol. The molecule has 3 aromatic rings. The average Bonchev–Trinajstić information content (AvgIpc) is 3.16. The van der Waals surface area contributed by atoms with Gasteiger partial charge in [-0.25, -0.2) is 4.98 Å². The number of piperazine rings is 1. The first kappa shape index (κ1) is 39.9. The zero-order chi connectivity index (χ0) is 37.3. The summed E-state index contributed by atoms with van der Waals surface area (Å²) in [5, 5.41) is 8.77. The van der Waals surface area contributed by atoms with Crippen molar-refractivity contribution in [3.05, 3.63) is 90.4 Å². The van der Waals surface area contributed by atoms with E-state index in [0.717, 1.165) is 16.9 Å². The number of nitrogens with zero attached hydrogens (tertiary/aromatic N) is 4. The zero-order valence-electron chi connectivity index (χ0n) is 30.5. The van der Waals surface area contributed by atoms with Crippen LogP contribution in [0, 0.1) is 5.92 Å². The van der Waals surface area contributed by atoms with Gasteiger partial charge in [0.2, 0.25) is 23.6 Å². The molecule has 4 atom stereocenters. The van der Waals surface area contributed by atoms with Gasteiger partial charge in [0.25, 0.3) is 0 Å². The number of rotatable bonds is 19. The number of carbonyl (C=O) groups excluding carboxylic acids is 4. The second-order valence-electron chi connectivity index (χ2n) is 13.8. The number of unbranched alkanes of at least 4 members (excludes halogenated alkanes) is 1. The predicted molar refractivity (Wildman–Crippen MR) is 202 cm³/mol. The van der Waals surface area contributed by atoms with Crippen molar-refractivity contribution in [2.45, 2.75) is 83.0 Å². The molecule has 0 bridgehead atoms. The second-order valence-corrected chi connectivity index (χ2v) is 13.8. The van der Waals surface area contributed by atoms with Gasteiger partial charge in [-0.2, -0.15) is 0 Å². The number of carbonyl (C=O) groups is 4. The van der Waals surface area contributed by atoms with Crippen molar-refractivity contribution in [2.75, 3.05) is 37.6 Å². The fraction of sp³-hybridized carbons (Fsp3) is 0.487. The first-order chi connectivity index (χ1) is 25.1. The Balaban J connectivity index is 1.45. The summed E-state index contributed by atoms with van der Waals surface area (Å²) < 4.78 is 0. The number of amides is 4. The molecule has 1 aromatic heterocycles. The van der Waals surface area contributed by atoms with Crippen LogP contribution in [0.2, 0.25) is 0 Å². The van der Waals surface area contributed by atoms with Crippen LogP contribution in [0.15, 0.2) is 79.3 Å². The minimum atomic E-state index is -0.940. The molecule has 4 rings (SSSR count). The molecule has 280 valence electrons. The lowest BCUT2D eigenvalue weighted by Crippen LogP contribution is -2.59. The summed E-state index contributed by atoms with van der Waals surface area (Å²) in [6.45, 7) is 6.52. The highest BCUT2D eigenvalue weighted by Crippen LogP contribution is 2.15. The minimum absolute atomic E-state index is 0.0493. The highest BCUT2D eigenvalue weighted by molar-refractivity contribution is 5.95. The van der Waals surface area contributed by atoms with Crippen molar-refractivity contribution >= 4 is 29.4 Å². The Hall–Kier alpha value is -4.88. The minimum Gasteiger partial charge on any atom is -0.352 e. The van der Waals surface area contributed by atoms with Crippen molar-refractivity contribution < 1.29 is 19.2 Å². The van der Waals surface area contributed by atoms with Gasteiger partial charge in [0.15, 0.2) is 0 Å². The molecule has 7 N–H and O–H groups in total. The van der Waals surface area contributed by atoms with E-state index in [4.69, 9.17) is 11.5 Å². The number of hydrogen-bond donors (Lipinski definition) is 5. The Kier molecular flexibility index (Phi) is 16.0. The maximum absolute atomic E-state index is 14.0. The highest BCUT2D eigenvalue weighted by atomic mass is 16.2. The Bertz CT molecular complexity index is 1540. The van der Waals surface area contributed by atoms with Gasteiger partial charge >= 0.3 is 0 Å². The van der Waals surface area contributed by atoms with Gasteiger partial charge in [0, 0.05) is 38.6 Å². The molecule has 13 nitrogen and oxygen atoms in total. The zero-order valence-corrected chi connectivity index (χ0v) is 30.5. The van der Waals surface area contributed by atoms with Crippen LogP contribution in [-0.4, -0.2) is 95.4 Å². The number of benzene rings is 2. The molecule has 0 aliphatic carbocycles. The van der Waals surface area contributed by atoms with Gasteiger partial charge in [-0.05, 0) is 68.5 Å². The van der Waals surface area contributed by atoms with Crippen LogP contribution in [0.5, 0.6) is 0 Å². The van der Waals surface area contributed by atoms with E-state index in [9.17, 15) is 19.2 Å². The molecular formula is C39H55N9O4. The lowest BCUT2D eigenvalue weighted by Gasteiger charge is -2.37. The summed E-state index contributed by atoms with van der Waals surface area (Å²) in [4.78, 5) is 67.5. The summed E-state index contributed by atoms with van der Waals surface area (Å²) in [6.07, 6.45) is 8.23. The summed E-state index contributed by atoms with van der Waals surface area (Å²) in [7, 11) is 0. The van der Waals surface area contributed by atoms with Gasteiger partial charge in [-0.15, -0.1) is 0 Å². The third-order valence-electron chi connectivity index (χ3n) is 9.20. The SMILES string of the molecule is CC(C)C[C@@H](NC(=O)[C@@H](CCc1ccccc1)NC(=O)[C@H](N)Cc1ccccc1)C(=O)N[C@H](CCCCN)C(=O)N1CCN(c2cnccn2)CC1. The number of nitrogens with two attached hydrogens (primary N) is 2. The van der Waals surface area contributed by atoms with E-state index in [2.05, 4.69) is 30.8 Å². The second kappa shape index (κ2) is 20.8. The largest absolute Gasteiger partial charge is 0.352 e. The lowest BCUT2D eigenvalue weighted by atomic mass is 9.99. The van der Waals surface area contributed by atoms with E-state index in [1.807, 2.05) is 74.5 Å². The highest BCUT2D eigenvalue weighted by Gasteiger charge is 2.33. The maximum Gasteiger partial charge on any atom is 0.245 e. The summed E-state index contributed by atoms with van der Waals surface area (Å²) in [5.74, 6) is -0.742. The molecule has 1 fully saturated rings. The molecule has 52 heavy (non-hydrogen) atoms. The maximum atomic E-state index is 14.0. The number of anilines is 1. The first-order valence-corrected chi connectivity index (χ1v) is 18.4. The van der Waals surface area contributed by atoms with Gasteiger partial charge in [-0.3, -0.25) is 24.2 Å². The molecular weight excluding hydrogens is 658 g/mol. The van der Waals surface area contributed by atoms with Crippen LogP contribution < -0.4 is 32.3 Å². The third-order valence-corrected chi connectivity index (χ3v) is 9.20. The molecule has 0 radical (unpaired) electrons. The third kappa shape index (κ3) is 12.7. The molecule has 0 unspecified atom stereocenters. The van der Waals surface area contributed by atoms with E-state index < -0.39 is 41.9 Å². The Morgan fingerprint density at radius 1 is 0.750 bits per heavy atom. The summed E-state index contributed by atoms with van der Waals surface area (Å²) in [6, 6.07) is 15.6. The number of hydrogen-bond acceptors (Lipinski definition) is 9. The topological polar surface area (TPSA) is 189 Å². The summed E-state index contributed by atoms with van der Waals surface area (Å²) in [5.41, 5.74) is 14.0. The molecule has 1 saturated heterocycles. The fourth-order valence-electron chi connectivity index (χ4n) is 6.29. The van der Waals surface area contributed by atoms with Gasteiger partial charge in [-0.1, -0.05) is 74.5 Å². The molecule has 2 heterocycles. The number of aryl methyl sites for hydroxylation is 1. The van der Waals surface area contributed by atoms with Crippen LogP contribution in [0.4, 0.5) is 5.82 Å². The van der Waals surface area contributed by atoms with E-state index >= 15 is 0 Å². The van der Waals surface area contributed by atoms with Crippen molar-refractivity contribution in [3.63, 3.8) is 0 Å². The normalized spacial score (nSPS) is 15.3. The van der Waals surface area contributed by atoms with Crippen molar-refractivity contribution in [1.29, 1.82) is 0 Å². The summed E-state index contributed by atoms with van der Waals surface area (Å²) >= 11 is 0.